The number of aliphatic hydroxyl groups excluding tert-OH is 1. The molecule has 0 saturated carbocycles. The quantitative estimate of drug-likeness (QED) is 0.506. The summed E-state index contributed by atoms with van der Waals surface area (Å²) < 4.78 is 4.85. The Morgan fingerprint density at radius 2 is 2.18 bits per heavy atom. The third kappa shape index (κ3) is 6.61. The standard InChI is InChI=1S/C12H26N2O3/c1-5-12(3,9-15)8-14-10(2)11(16)13-6-7-17-4/h10,14-15H,5-9H2,1-4H3,(H,13,16). The highest BCUT2D eigenvalue weighted by atomic mass is 16.5. The summed E-state index contributed by atoms with van der Waals surface area (Å²) in [5.41, 5.74) is -0.166. The lowest BCUT2D eigenvalue weighted by Crippen LogP contribution is -2.47. The Kier molecular flexibility index (Phi) is 8.12. The molecule has 5 heteroatoms. The predicted octanol–water partition coefficient (Wildman–Crippen LogP) is 0.136. The second kappa shape index (κ2) is 8.44. The summed E-state index contributed by atoms with van der Waals surface area (Å²) >= 11 is 0. The number of amides is 1. The minimum Gasteiger partial charge on any atom is -0.396 e. The van der Waals surface area contributed by atoms with E-state index in [2.05, 4.69) is 10.6 Å². The second-order valence-electron chi connectivity index (χ2n) is 4.71. The van der Waals surface area contributed by atoms with Crippen LogP contribution in [0.15, 0.2) is 0 Å². The first-order chi connectivity index (χ1) is 7.99. The highest BCUT2D eigenvalue weighted by Gasteiger charge is 2.22. The lowest BCUT2D eigenvalue weighted by molar-refractivity contribution is -0.123. The topological polar surface area (TPSA) is 70.6 Å². The van der Waals surface area contributed by atoms with Crippen molar-refractivity contribution >= 4 is 5.91 Å². The Morgan fingerprint density at radius 3 is 2.65 bits per heavy atom. The minimum absolute atomic E-state index is 0.0431. The monoisotopic (exact) mass is 246 g/mol. The number of carbonyl (C=O) groups excluding carboxylic acids is 1. The van der Waals surface area contributed by atoms with Crippen LogP contribution in [0.25, 0.3) is 0 Å². The molecule has 0 radical (unpaired) electrons. The normalized spacial score (nSPS) is 16.3. The molecule has 102 valence electrons. The Morgan fingerprint density at radius 1 is 1.53 bits per heavy atom. The van der Waals surface area contributed by atoms with E-state index < -0.39 is 0 Å². The van der Waals surface area contributed by atoms with E-state index in [1.807, 2.05) is 20.8 Å². The highest BCUT2D eigenvalue weighted by Crippen LogP contribution is 2.18. The maximum Gasteiger partial charge on any atom is 0.236 e. The van der Waals surface area contributed by atoms with Gasteiger partial charge in [-0.15, -0.1) is 0 Å². The van der Waals surface area contributed by atoms with Gasteiger partial charge in [0.25, 0.3) is 0 Å². The highest BCUT2D eigenvalue weighted by molar-refractivity contribution is 5.81. The van der Waals surface area contributed by atoms with Crippen LogP contribution in [-0.4, -0.2) is 50.5 Å². The summed E-state index contributed by atoms with van der Waals surface area (Å²) in [5, 5.41) is 15.2. The Labute approximate surface area is 104 Å². The fraction of sp³-hybridized carbons (Fsp3) is 0.917. The Hall–Kier alpha value is -0.650. The molecule has 2 atom stereocenters. The Balaban J connectivity index is 3.91. The fourth-order valence-corrected chi connectivity index (χ4v) is 1.21. The molecule has 0 rings (SSSR count). The molecule has 0 aliphatic rings. The Bertz CT molecular complexity index is 218. The van der Waals surface area contributed by atoms with Gasteiger partial charge in [0.2, 0.25) is 5.91 Å². The second-order valence-corrected chi connectivity index (χ2v) is 4.71. The maximum atomic E-state index is 11.6. The predicted molar refractivity (Wildman–Crippen MR) is 67.8 cm³/mol. The molecule has 5 nitrogen and oxygen atoms in total. The summed E-state index contributed by atoms with van der Waals surface area (Å²) in [4.78, 5) is 11.6. The van der Waals surface area contributed by atoms with Crippen LogP contribution in [0.1, 0.15) is 27.2 Å². The number of nitrogens with one attached hydrogen (secondary N) is 2. The van der Waals surface area contributed by atoms with Crippen LogP contribution in [0.4, 0.5) is 0 Å². The van der Waals surface area contributed by atoms with Crippen LogP contribution in [0, 0.1) is 5.41 Å². The lowest BCUT2D eigenvalue weighted by atomic mass is 9.88. The third-order valence-electron chi connectivity index (χ3n) is 3.07. The average Bonchev–Trinajstić information content (AvgIpc) is 2.35. The molecule has 2 unspecified atom stereocenters. The smallest absolute Gasteiger partial charge is 0.236 e. The number of aliphatic hydroxyl groups is 1. The SMILES string of the molecule is CCC(C)(CO)CNC(C)C(=O)NCCOC. The molecule has 17 heavy (non-hydrogen) atoms. The number of hydrogen-bond donors (Lipinski definition) is 3. The van der Waals surface area contributed by atoms with Gasteiger partial charge in [0, 0.05) is 32.2 Å². The van der Waals surface area contributed by atoms with E-state index in [1.54, 1.807) is 7.11 Å². The first-order valence-corrected chi connectivity index (χ1v) is 6.10. The van der Waals surface area contributed by atoms with Gasteiger partial charge < -0.3 is 20.5 Å². The van der Waals surface area contributed by atoms with E-state index in [9.17, 15) is 9.90 Å². The molecule has 0 aliphatic heterocycles. The summed E-state index contributed by atoms with van der Waals surface area (Å²) in [6.45, 7) is 7.62. The summed E-state index contributed by atoms with van der Waals surface area (Å²) in [6.07, 6.45) is 0.870. The van der Waals surface area contributed by atoms with Gasteiger partial charge in [-0.3, -0.25) is 4.79 Å². The van der Waals surface area contributed by atoms with Crippen LogP contribution in [-0.2, 0) is 9.53 Å². The van der Waals surface area contributed by atoms with Crippen molar-refractivity contribution in [3.05, 3.63) is 0 Å². The zero-order chi connectivity index (χ0) is 13.3. The van der Waals surface area contributed by atoms with E-state index in [0.29, 0.717) is 19.7 Å². The van der Waals surface area contributed by atoms with Gasteiger partial charge in [-0.05, 0) is 13.3 Å². The summed E-state index contributed by atoms with van der Waals surface area (Å²) in [5.74, 6) is -0.0431. The van der Waals surface area contributed by atoms with Crippen molar-refractivity contribution in [3.63, 3.8) is 0 Å². The lowest BCUT2D eigenvalue weighted by Gasteiger charge is -2.27. The number of rotatable bonds is 9. The van der Waals surface area contributed by atoms with E-state index in [1.165, 1.54) is 0 Å². The minimum atomic E-state index is -0.260. The molecule has 0 aromatic rings. The van der Waals surface area contributed by atoms with Crippen molar-refractivity contribution in [3.8, 4) is 0 Å². The van der Waals surface area contributed by atoms with Gasteiger partial charge in [-0.1, -0.05) is 13.8 Å². The molecule has 0 aliphatic carbocycles. The first-order valence-electron chi connectivity index (χ1n) is 6.10. The fourth-order valence-electron chi connectivity index (χ4n) is 1.21. The van der Waals surface area contributed by atoms with Crippen LogP contribution >= 0.6 is 0 Å². The molecule has 0 aromatic heterocycles. The van der Waals surface area contributed by atoms with E-state index in [-0.39, 0.29) is 24.0 Å². The van der Waals surface area contributed by atoms with Crippen molar-refractivity contribution in [1.82, 2.24) is 10.6 Å². The maximum absolute atomic E-state index is 11.6. The molecule has 0 aromatic carbocycles. The van der Waals surface area contributed by atoms with Gasteiger partial charge >= 0.3 is 0 Å². The number of ether oxygens (including phenoxy) is 1. The summed E-state index contributed by atoms with van der Waals surface area (Å²) in [6, 6.07) is -0.260. The van der Waals surface area contributed by atoms with Crippen LogP contribution in [0.3, 0.4) is 0 Å². The van der Waals surface area contributed by atoms with Gasteiger partial charge in [0.15, 0.2) is 0 Å². The van der Waals surface area contributed by atoms with E-state index in [4.69, 9.17) is 4.74 Å². The zero-order valence-electron chi connectivity index (χ0n) is 11.4. The largest absolute Gasteiger partial charge is 0.396 e. The van der Waals surface area contributed by atoms with E-state index in [0.717, 1.165) is 6.42 Å². The molecule has 3 N–H and O–H groups in total. The van der Waals surface area contributed by atoms with Gasteiger partial charge in [-0.2, -0.15) is 0 Å². The molecule has 0 heterocycles. The number of hydrogen-bond acceptors (Lipinski definition) is 4. The van der Waals surface area contributed by atoms with Crippen molar-refractivity contribution in [2.75, 3.05) is 33.4 Å². The molecular formula is C12H26N2O3. The van der Waals surface area contributed by atoms with Crippen molar-refractivity contribution in [1.29, 1.82) is 0 Å². The zero-order valence-corrected chi connectivity index (χ0v) is 11.4. The molecule has 1 amide bonds. The summed E-state index contributed by atoms with van der Waals surface area (Å²) in [7, 11) is 1.60. The first kappa shape index (κ1) is 16.4. The van der Waals surface area contributed by atoms with Gasteiger partial charge in [0.1, 0.15) is 0 Å². The number of methoxy groups -OCH3 is 1. The molecule has 0 bridgehead atoms. The molecular weight excluding hydrogens is 220 g/mol. The third-order valence-corrected chi connectivity index (χ3v) is 3.07. The van der Waals surface area contributed by atoms with Gasteiger partial charge in [-0.25, -0.2) is 0 Å². The van der Waals surface area contributed by atoms with Gasteiger partial charge in [0.05, 0.1) is 12.6 Å². The van der Waals surface area contributed by atoms with E-state index >= 15 is 0 Å². The molecule has 0 saturated heterocycles. The molecule has 0 spiro atoms. The van der Waals surface area contributed by atoms with Crippen molar-refractivity contribution in [2.45, 2.75) is 33.2 Å². The van der Waals surface area contributed by atoms with Crippen molar-refractivity contribution < 1.29 is 14.6 Å². The number of carbonyl (C=O) groups is 1. The van der Waals surface area contributed by atoms with Crippen LogP contribution in [0.5, 0.6) is 0 Å². The van der Waals surface area contributed by atoms with Crippen LogP contribution < -0.4 is 10.6 Å². The van der Waals surface area contributed by atoms with Crippen LogP contribution in [0.2, 0.25) is 0 Å². The molecule has 0 fully saturated rings. The van der Waals surface area contributed by atoms with Crippen molar-refractivity contribution in [2.24, 2.45) is 5.41 Å². The average molecular weight is 246 g/mol.